The smallest absolute Gasteiger partial charge is 0.253 e. The van der Waals surface area contributed by atoms with Gasteiger partial charge in [-0.2, -0.15) is 0 Å². The van der Waals surface area contributed by atoms with Crippen molar-refractivity contribution in [1.82, 2.24) is 15.2 Å². The number of carbonyl (C=O) groups is 1. The normalized spacial score (nSPS) is 28.8. The summed E-state index contributed by atoms with van der Waals surface area (Å²) in [7, 11) is 0. The van der Waals surface area contributed by atoms with E-state index in [0.717, 1.165) is 23.8 Å². The molecule has 1 amide bonds. The van der Waals surface area contributed by atoms with Gasteiger partial charge in [0, 0.05) is 58.9 Å². The fourth-order valence-electron chi connectivity index (χ4n) is 2.42. The van der Waals surface area contributed by atoms with E-state index in [0.29, 0.717) is 5.69 Å². The first-order valence-corrected chi connectivity index (χ1v) is 8.61. The summed E-state index contributed by atoms with van der Waals surface area (Å²) < 4.78 is 78.9. The van der Waals surface area contributed by atoms with Gasteiger partial charge in [0.05, 0.1) is 10.7 Å². The number of rotatable bonds is 5. The summed E-state index contributed by atoms with van der Waals surface area (Å²) in [6, 6.07) is 6.18. The zero-order valence-electron chi connectivity index (χ0n) is 20.5. The number of pyridine rings is 1. The van der Waals surface area contributed by atoms with E-state index in [2.05, 4.69) is 10.3 Å². The van der Waals surface area contributed by atoms with Crippen LogP contribution in [0.4, 0.5) is 8.78 Å². The molecule has 0 spiro atoms. The Morgan fingerprint density at radius 3 is 2.93 bits per heavy atom. The minimum atomic E-state index is -3.40. The first-order chi connectivity index (χ1) is 15.1. The van der Waals surface area contributed by atoms with Crippen LogP contribution >= 0.6 is 11.6 Å². The number of nitrogens with zero attached hydrogens (tertiary/aromatic N) is 2. The van der Waals surface area contributed by atoms with Gasteiger partial charge in [-0.3, -0.25) is 9.78 Å². The summed E-state index contributed by atoms with van der Waals surface area (Å²) in [5.74, 6) is -2.13. The molecule has 27 heavy (non-hydrogen) atoms. The Balaban J connectivity index is 1.88. The lowest BCUT2D eigenvalue weighted by Crippen LogP contribution is -2.48. The SMILES string of the molecule is [2H]C1([2H])CC(F)(CNCc2ccc(C)cn2)C([2H])([2H])C([2H])([2H])N1C(=O)c1ccc(F)c(Cl)c1. The number of amides is 1. The molecule has 2 aromatic rings. The molecule has 4 nitrogen and oxygen atoms in total. The molecule has 7 heteroatoms. The highest BCUT2D eigenvalue weighted by Gasteiger charge is 2.35. The van der Waals surface area contributed by atoms with Gasteiger partial charge in [-0.05, 0) is 36.8 Å². The van der Waals surface area contributed by atoms with Crippen LogP contribution in [0.3, 0.4) is 0 Å². The number of carbonyl (C=O) groups excluding carboxylic acids is 1. The molecular formula is C20H22ClF2N3O. The Kier molecular flexibility index (Phi) is 4.06. The number of likely N-dealkylation sites (tertiary alicyclic amines) is 1. The van der Waals surface area contributed by atoms with Crippen molar-refractivity contribution < 1.29 is 21.8 Å². The van der Waals surface area contributed by atoms with Gasteiger partial charge in [0.15, 0.2) is 0 Å². The van der Waals surface area contributed by atoms with Crippen molar-refractivity contribution in [3.05, 3.63) is 64.2 Å². The van der Waals surface area contributed by atoms with Crippen molar-refractivity contribution in [2.75, 3.05) is 19.5 Å². The van der Waals surface area contributed by atoms with Gasteiger partial charge in [0.1, 0.15) is 11.5 Å². The van der Waals surface area contributed by atoms with E-state index >= 15 is 4.39 Å². The molecule has 0 aliphatic carbocycles. The highest BCUT2D eigenvalue weighted by atomic mass is 35.5. The molecule has 2 heterocycles. The Bertz CT molecular complexity index is 1060. The van der Waals surface area contributed by atoms with Crippen LogP contribution in [0.25, 0.3) is 0 Å². The maximum Gasteiger partial charge on any atom is 0.253 e. The molecule has 3 rings (SSSR count). The average molecular weight is 400 g/mol. The van der Waals surface area contributed by atoms with Gasteiger partial charge >= 0.3 is 0 Å². The highest BCUT2D eigenvalue weighted by Crippen LogP contribution is 2.27. The van der Waals surface area contributed by atoms with E-state index < -0.39 is 54.7 Å². The number of halogens is 3. The van der Waals surface area contributed by atoms with Crippen LogP contribution in [0.5, 0.6) is 0 Å². The lowest BCUT2D eigenvalue weighted by molar-refractivity contribution is 0.0434. The number of aryl methyl sites for hydroxylation is 1. The first kappa shape index (κ1) is 13.2. The van der Waals surface area contributed by atoms with Crippen molar-refractivity contribution in [2.45, 2.75) is 31.9 Å². The topological polar surface area (TPSA) is 45.2 Å². The number of aromatic nitrogens is 1. The summed E-state index contributed by atoms with van der Waals surface area (Å²) >= 11 is 5.68. The van der Waals surface area contributed by atoms with Crippen molar-refractivity contribution in [3.63, 3.8) is 0 Å². The lowest BCUT2D eigenvalue weighted by atomic mass is 9.92. The van der Waals surface area contributed by atoms with Gasteiger partial charge in [-0.1, -0.05) is 17.7 Å². The lowest BCUT2D eigenvalue weighted by Gasteiger charge is -2.36. The standard InChI is InChI=1S/C20H22ClF2N3O/c1-14-2-4-16(25-11-14)12-24-13-20(23)6-8-26(9-7-20)19(27)15-3-5-18(22)17(21)10-15/h2-5,10-11,24H,6-9,12-13H2,1H3/i6D2,8D2,9D2. The molecule has 1 N–H and O–H groups in total. The Morgan fingerprint density at radius 1 is 1.41 bits per heavy atom. The van der Waals surface area contributed by atoms with Crippen molar-refractivity contribution in [3.8, 4) is 0 Å². The first-order valence-electron chi connectivity index (χ1n) is 11.2. The molecule has 1 aromatic heterocycles. The third-order valence-electron chi connectivity index (χ3n) is 3.96. The maximum absolute atomic E-state index is 15.9. The predicted molar refractivity (Wildman–Crippen MR) is 101 cm³/mol. The van der Waals surface area contributed by atoms with Crippen LogP contribution in [0.2, 0.25) is 5.02 Å². The summed E-state index contributed by atoms with van der Waals surface area (Å²) in [5, 5.41) is 2.23. The molecular weight excluding hydrogens is 372 g/mol. The van der Waals surface area contributed by atoms with E-state index in [1.54, 1.807) is 18.3 Å². The van der Waals surface area contributed by atoms with Gasteiger partial charge in [-0.15, -0.1) is 0 Å². The summed E-state index contributed by atoms with van der Waals surface area (Å²) in [4.78, 5) is 17.1. The Labute approximate surface area is 171 Å². The van der Waals surface area contributed by atoms with E-state index in [1.807, 2.05) is 6.92 Å². The second-order valence-electron chi connectivity index (χ2n) is 6.24. The van der Waals surface area contributed by atoms with Crippen molar-refractivity contribution in [2.24, 2.45) is 0 Å². The molecule has 144 valence electrons. The summed E-state index contributed by atoms with van der Waals surface area (Å²) in [5.41, 5.74) is -1.92. The third kappa shape index (κ3) is 5.02. The molecule has 0 radical (unpaired) electrons. The van der Waals surface area contributed by atoms with E-state index in [4.69, 9.17) is 19.8 Å². The summed E-state index contributed by atoms with van der Waals surface area (Å²) in [6.07, 6.45) is -2.84. The Hall–Kier alpha value is -2.05. The van der Waals surface area contributed by atoms with Crippen LogP contribution < -0.4 is 5.32 Å². The second-order valence-corrected chi connectivity index (χ2v) is 6.64. The fourth-order valence-corrected chi connectivity index (χ4v) is 2.60. The maximum atomic E-state index is 15.9. The van der Waals surface area contributed by atoms with Crippen molar-refractivity contribution >= 4 is 17.5 Å². The van der Waals surface area contributed by atoms with E-state index in [1.165, 1.54) is 0 Å². The number of piperidine rings is 1. The minimum Gasteiger partial charge on any atom is -0.338 e. The highest BCUT2D eigenvalue weighted by molar-refractivity contribution is 6.31. The Morgan fingerprint density at radius 2 is 2.22 bits per heavy atom. The zero-order valence-corrected chi connectivity index (χ0v) is 15.3. The number of nitrogens with one attached hydrogen (secondary N) is 1. The molecule has 1 aliphatic rings. The largest absolute Gasteiger partial charge is 0.338 e. The molecule has 1 atom stereocenters. The van der Waals surface area contributed by atoms with Crippen LogP contribution in [-0.2, 0) is 6.54 Å². The number of hydrogen-bond donors (Lipinski definition) is 1. The molecule has 1 fully saturated rings. The van der Waals surface area contributed by atoms with Crippen LogP contribution in [0.1, 0.15) is 42.6 Å². The number of alkyl halides is 1. The monoisotopic (exact) mass is 399 g/mol. The average Bonchev–Trinajstić information content (AvgIpc) is 2.69. The zero-order chi connectivity index (χ0) is 24.8. The fraction of sp³-hybridized carbons (Fsp3) is 0.400. The van der Waals surface area contributed by atoms with E-state index in [-0.39, 0.29) is 17.0 Å². The van der Waals surface area contributed by atoms with Gasteiger partial charge in [-0.25, -0.2) is 8.78 Å². The third-order valence-corrected chi connectivity index (χ3v) is 4.25. The quantitative estimate of drug-likeness (QED) is 0.828. The number of benzene rings is 1. The van der Waals surface area contributed by atoms with Crippen LogP contribution in [0, 0.1) is 12.7 Å². The van der Waals surface area contributed by atoms with Gasteiger partial charge in [0.2, 0.25) is 0 Å². The molecule has 0 saturated carbocycles. The van der Waals surface area contributed by atoms with Gasteiger partial charge < -0.3 is 10.2 Å². The van der Waals surface area contributed by atoms with E-state index in [9.17, 15) is 9.18 Å². The van der Waals surface area contributed by atoms with Crippen LogP contribution in [-0.4, -0.2) is 41.0 Å². The van der Waals surface area contributed by atoms with Crippen molar-refractivity contribution in [1.29, 1.82) is 0 Å². The van der Waals surface area contributed by atoms with Gasteiger partial charge in [0.25, 0.3) is 5.91 Å². The molecule has 1 saturated heterocycles. The van der Waals surface area contributed by atoms with Crippen LogP contribution in [0.15, 0.2) is 36.5 Å². The molecule has 1 aromatic carbocycles. The minimum absolute atomic E-state index is 0.0307. The molecule has 1 unspecified atom stereocenters. The molecule has 0 bridgehead atoms. The number of hydrogen-bond acceptors (Lipinski definition) is 3. The second kappa shape index (κ2) is 8.31. The molecule has 1 aliphatic heterocycles. The summed E-state index contributed by atoms with van der Waals surface area (Å²) in [6.45, 7) is -5.14. The predicted octanol–water partition coefficient (Wildman–Crippen LogP) is 3.92.